The molecule has 23 heavy (non-hydrogen) atoms. The third-order valence-corrected chi connectivity index (χ3v) is 4.11. The molecule has 1 aromatic heterocycles. The Balaban J connectivity index is 1.48. The number of carbonyl (C=O) groups is 2. The minimum absolute atomic E-state index is 0.503. The molecule has 1 N–H and O–H groups in total. The molecule has 0 radical (unpaired) electrons. The summed E-state index contributed by atoms with van der Waals surface area (Å²) in [4.78, 5) is 25.7. The SMILES string of the molecule is O=C(Nn1cnnc1)C(=O)N1CCC(Cc2ccccc2)CC1. The van der Waals surface area contributed by atoms with Gasteiger partial charge in [-0.2, -0.15) is 0 Å². The van der Waals surface area contributed by atoms with Crippen molar-refractivity contribution in [2.75, 3.05) is 18.5 Å². The molecule has 0 atom stereocenters. The van der Waals surface area contributed by atoms with E-state index in [-0.39, 0.29) is 0 Å². The molecule has 0 saturated carbocycles. The van der Waals surface area contributed by atoms with Gasteiger partial charge >= 0.3 is 11.8 Å². The van der Waals surface area contributed by atoms with Crippen molar-refractivity contribution in [3.05, 3.63) is 48.5 Å². The van der Waals surface area contributed by atoms with Gasteiger partial charge in [-0.15, -0.1) is 10.2 Å². The predicted octanol–water partition coefficient (Wildman–Crippen LogP) is 0.829. The van der Waals surface area contributed by atoms with Crippen LogP contribution in [-0.4, -0.2) is 44.7 Å². The van der Waals surface area contributed by atoms with E-state index in [0.29, 0.717) is 19.0 Å². The molecule has 1 aromatic carbocycles. The Morgan fingerprint density at radius 2 is 1.74 bits per heavy atom. The van der Waals surface area contributed by atoms with Crippen molar-refractivity contribution in [2.45, 2.75) is 19.3 Å². The first-order valence-electron chi connectivity index (χ1n) is 7.71. The first kappa shape index (κ1) is 15.2. The number of nitrogens with one attached hydrogen (secondary N) is 1. The van der Waals surface area contributed by atoms with Crippen molar-refractivity contribution in [2.24, 2.45) is 5.92 Å². The number of benzene rings is 1. The highest BCUT2D eigenvalue weighted by Crippen LogP contribution is 2.21. The van der Waals surface area contributed by atoms with E-state index in [1.54, 1.807) is 4.90 Å². The second-order valence-corrected chi connectivity index (χ2v) is 5.74. The molecular weight excluding hydrogens is 294 g/mol. The topological polar surface area (TPSA) is 80.1 Å². The molecule has 3 rings (SSSR count). The van der Waals surface area contributed by atoms with E-state index in [4.69, 9.17) is 0 Å². The minimum atomic E-state index is -0.661. The molecular formula is C16H19N5O2. The Morgan fingerprint density at radius 1 is 1.09 bits per heavy atom. The van der Waals surface area contributed by atoms with Crippen LogP contribution in [0.3, 0.4) is 0 Å². The largest absolute Gasteiger partial charge is 0.334 e. The minimum Gasteiger partial charge on any atom is -0.334 e. The van der Waals surface area contributed by atoms with Gasteiger partial charge in [-0.1, -0.05) is 30.3 Å². The van der Waals surface area contributed by atoms with Gasteiger partial charge in [0.05, 0.1) is 0 Å². The zero-order valence-corrected chi connectivity index (χ0v) is 12.8. The van der Waals surface area contributed by atoms with Crippen LogP contribution in [0.4, 0.5) is 0 Å². The fourth-order valence-electron chi connectivity index (χ4n) is 2.85. The van der Waals surface area contributed by atoms with E-state index in [0.717, 1.165) is 19.3 Å². The lowest BCUT2D eigenvalue weighted by molar-refractivity contribution is -0.144. The number of rotatable bonds is 3. The van der Waals surface area contributed by atoms with Gasteiger partial charge in [0.15, 0.2) is 0 Å². The number of carbonyl (C=O) groups excluding carboxylic acids is 2. The summed E-state index contributed by atoms with van der Waals surface area (Å²) in [5.41, 5.74) is 3.75. The van der Waals surface area contributed by atoms with Crippen LogP contribution in [0.1, 0.15) is 18.4 Å². The normalized spacial score (nSPS) is 15.4. The zero-order valence-electron chi connectivity index (χ0n) is 12.8. The Labute approximate surface area is 134 Å². The monoisotopic (exact) mass is 313 g/mol. The smallest absolute Gasteiger partial charge is 0.328 e. The van der Waals surface area contributed by atoms with Crippen LogP contribution in [0.2, 0.25) is 0 Å². The van der Waals surface area contributed by atoms with Crippen LogP contribution < -0.4 is 5.43 Å². The summed E-state index contributed by atoms with van der Waals surface area (Å²) in [5, 5.41) is 7.14. The van der Waals surface area contributed by atoms with Crippen molar-refractivity contribution in [1.82, 2.24) is 19.8 Å². The van der Waals surface area contributed by atoms with Crippen LogP contribution in [0.25, 0.3) is 0 Å². The van der Waals surface area contributed by atoms with Crippen LogP contribution in [-0.2, 0) is 16.0 Å². The Kier molecular flexibility index (Phi) is 4.65. The Bertz CT molecular complexity index is 648. The standard InChI is InChI=1S/C16H19N5O2/c22-15(19-21-11-17-18-12-21)16(23)20-8-6-14(7-9-20)10-13-4-2-1-3-5-13/h1-5,11-12,14H,6-10H2,(H,19,22). The molecule has 0 bridgehead atoms. The quantitative estimate of drug-likeness (QED) is 0.851. The molecule has 1 aliphatic rings. The lowest BCUT2D eigenvalue weighted by atomic mass is 9.90. The molecule has 2 aromatic rings. The molecule has 120 valence electrons. The third-order valence-electron chi connectivity index (χ3n) is 4.11. The first-order valence-corrected chi connectivity index (χ1v) is 7.71. The molecule has 2 amide bonds. The highest BCUT2D eigenvalue weighted by atomic mass is 16.2. The van der Waals surface area contributed by atoms with Crippen LogP contribution >= 0.6 is 0 Å². The average Bonchev–Trinajstić information content (AvgIpc) is 3.09. The van der Waals surface area contributed by atoms with Crippen molar-refractivity contribution in [1.29, 1.82) is 0 Å². The lowest BCUT2D eigenvalue weighted by Gasteiger charge is -2.31. The second kappa shape index (κ2) is 7.04. The maximum absolute atomic E-state index is 12.1. The van der Waals surface area contributed by atoms with E-state index in [9.17, 15) is 9.59 Å². The molecule has 7 heteroatoms. The highest BCUT2D eigenvalue weighted by Gasteiger charge is 2.27. The maximum Gasteiger partial charge on any atom is 0.328 e. The molecule has 1 saturated heterocycles. The van der Waals surface area contributed by atoms with E-state index >= 15 is 0 Å². The number of hydrogen-bond acceptors (Lipinski definition) is 4. The van der Waals surface area contributed by atoms with Crippen molar-refractivity contribution < 1.29 is 9.59 Å². The van der Waals surface area contributed by atoms with Gasteiger partial charge in [-0.25, -0.2) is 4.68 Å². The second-order valence-electron chi connectivity index (χ2n) is 5.74. The summed E-state index contributed by atoms with van der Waals surface area (Å²) >= 11 is 0. The summed E-state index contributed by atoms with van der Waals surface area (Å²) in [6.45, 7) is 1.23. The first-order chi connectivity index (χ1) is 11.2. The molecule has 7 nitrogen and oxygen atoms in total. The van der Waals surface area contributed by atoms with E-state index in [2.05, 4.69) is 27.8 Å². The molecule has 0 aliphatic carbocycles. The number of hydrogen-bond donors (Lipinski definition) is 1. The molecule has 1 aliphatic heterocycles. The van der Waals surface area contributed by atoms with Gasteiger partial charge in [-0.05, 0) is 30.7 Å². The van der Waals surface area contributed by atoms with Gasteiger partial charge in [0, 0.05) is 13.1 Å². The summed E-state index contributed by atoms with van der Waals surface area (Å²) in [5.74, 6) is -0.606. The van der Waals surface area contributed by atoms with E-state index in [1.165, 1.54) is 22.9 Å². The van der Waals surface area contributed by atoms with Gasteiger partial charge in [-0.3, -0.25) is 15.0 Å². The lowest BCUT2D eigenvalue weighted by Crippen LogP contribution is -2.45. The Morgan fingerprint density at radius 3 is 2.39 bits per heavy atom. The van der Waals surface area contributed by atoms with Crippen molar-refractivity contribution in [3.63, 3.8) is 0 Å². The average molecular weight is 313 g/mol. The number of nitrogens with zero attached hydrogens (tertiary/aromatic N) is 4. The molecule has 2 heterocycles. The van der Waals surface area contributed by atoms with Gasteiger partial charge in [0.2, 0.25) is 0 Å². The summed E-state index contributed by atoms with van der Waals surface area (Å²) in [6, 6.07) is 10.4. The zero-order chi connectivity index (χ0) is 16.1. The predicted molar refractivity (Wildman–Crippen MR) is 83.8 cm³/mol. The number of piperidine rings is 1. The Hall–Kier alpha value is -2.70. The maximum atomic E-state index is 12.1. The van der Waals surface area contributed by atoms with Crippen molar-refractivity contribution >= 4 is 11.8 Å². The molecule has 0 unspecified atom stereocenters. The van der Waals surface area contributed by atoms with Gasteiger partial charge in [0.1, 0.15) is 12.7 Å². The van der Waals surface area contributed by atoms with Crippen LogP contribution in [0.5, 0.6) is 0 Å². The van der Waals surface area contributed by atoms with E-state index < -0.39 is 11.8 Å². The fraction of sp³-hybridized carbons (Fsp3) is 0.375. The summed E-state index contributed by atoms with van der Waals surface area (Å²) in [6.07, 6.45) is 5.52. The molecule has 0 spiro atoms. The highest BCUT2D eigenvalue weighted by molar-refractivity contribution is 6.38. The van der Waals surface area contributed by atoms with E-state index in [1.807, 2.05) is 18.2 Å². The van der Waals surface area contributed by atoms with Crippen LogP contribution in [0.15, 0.2) is 43.0 Å². The number of aromatic nitrogens is 3. The van der Waals surface area contributed by atoms with Gasteiger partial charge in [0.25, 0.3) is 0 Å². The van der Waals surface area contributed by atoms with Crippen LogP contribution in [0, 0.1) is 5.92 Å². The summed E-state index contributed by atoms with van der Waals surface area (Å²) < 4.78 is 1.27. The number of amides is 2. The third kappa shape index (κ3) is 3.94. The van der Waals surface area contributed by atoms with Crippen molar-refractivity contribution in [3.8, 4) is 0 Å². The number of likely N-dealkylation sites (tertiary alicyclic amines) is 1. The molecule has 1 fully saturated rings. The van der Waals surface area contributed by atoms with Gasteiger partial charge < -0.3 is 4.90 Å². The fourth-order valence-corrected chi connectivity index (χ4v) is 2.85. The summed E-state index contributed by atoms with van der Waals surface area (Å²) in [7, 11) is 0.